The fourth-order valence-corrected chi connectivity index (χ4v) is 5.17. The number of nitrogens with zero attached hydrogens (tertiary/aromatic N) is 2. The molecule has 0 spiro atoms. The summed E-state index contributed by atoms with van der Waals surface area (Å²) < 4.78 is 2.24. The molecule has 1 aromatic heterocycles. The Labute approximate surface area is 210 Å². The van der Waals surface area contributed by atoms with Gasteiger partial charge in [0.15, 0.2) is 0 Å². The maximum atomic E-state index is 9.98. The summed E-state index contributed by atoms with van der Waals surface area (Å²) in [5, 5.41) is 24.5. The van der Waals surface area contributed by atoms with Gasteiger partial charge in [-0.15, -0.1) is 0 Å². The zero-order valence-corrected chi connectivity index (χ0v) is 21.3. The van der Waals surface area contributed by atoms with Crippen molar-refractivity contribution in [3.8, 4) is 11.1 Å². The molecule has 1 aliphatic heterocycles. The molecule has 7 nitrogen and oxygen atoms in total. The second-order valence-corrected chi connectivity index (χ2v) is 10.2. The van der Waals surface area contributed by atoms with E-state index in [9.17, 15) is 5.11 Å². The number of nitrogens with one attached hydrogen (secondary N) is 2. The van der Waals surface area contributed by atoms with E-state index in [-0.39, 0.29) is 12.7 Å². The van der Waals surface area contributed by atoms with Crippen molar-refractivity contribution in [3.05, 3.63) is 47.7 Å². The minimum Gasteiger partial charge on any atom is -0.395 e. The molecule has 3 unspecified atom stereocenters. The molecule has 192 valence electrons. The van der Waals surface area contributed by atoms with Gasteiger partial charge >= 0.3 is 0 Å². The zero-order valence-electron chi connectivity index (χ0n) is 21.3. The molecule has 35 heavy (non-hydrogen) atoms. The molecule has 1 aliphatic carbocycles. The van der Waals surface area contributed by atoms with Crippen molar-refractivity contribution in [1.29, 1.82) is 0 Å². The van der Waals surface area contributed by atoms with E-state index in [1.807, 2.05) is 0 Å². The van der Waals surface area contributed by atoms with Gasteiger partial charge in [0.25, 0.3) is 0 Å². The van der Waals surface area contributed by atoms with Crippen molar-refractivity contribution in [1.82, 2.24) is 20.3 Å². The average Bonchev–Trinajstić information content (AvgIpc) is 3.51. The lowest BCUT2D eigenvalue weighted by atomic mass is 9.93. The van der Waals surface area contributed by atoms with Crippen LogP contribution in [0.4, 0.5) is 5.82 Å². The molecule has 0 amide bonds. The van der Waals surface area contributed by atoms with Gasteiger partial charge in [0, 0.05) is 49.0 Å². The van der Waals surface area contributed by atoms with Gasteiger partial charge in [0.05, 0.1) is 18.8 Å². The van der Waals surface area contributed by atoms with Crippen LogP contribution in [0.2, 0.25) is 0 Å². The molecule has 4 rings (SSSR count). The first-order valence-electron chi connectivity index (χ1n) is 13.3. The van der Waals surface area contributed by atoms with Crippen LogP contribution in [0.3, 0.4) is 0 Å². The quantitative estimate of drug-likeness (QED) is 0.234. The number of nitrogen functional groups attached to an aromatic ring is 1. The molecule has 0 radical (unpaired) electrons. The van der Waals surface area contributed by atoms with E-state index < -0.39 is 0 Å². The van der Waals surface area contributed by atoms with E-state index in [0.29, 0.717) is 24.7 Å². The SMILES string of the molecule is CCCC(C)NN1CC1/C=C\c1c(-c2ccc(CNCCO)cc2)cn(C2CCC(O)CC2)c1N. The summed E-state index contributed by atoms with van der Waals surface area (Å²) in [5.41, 5.74) is 14.9. The highest BCUT2D eigenvalue weighted by Gasteiger charge is 2.32. The number of hydrogen-bond acceptors (Lipinski definition) is 6. The van der Waals surface area contributed by atoms with Gasteiger partial charge in [-0.2, -0.15) is 0 Å². The zero-order chi connectivity index (χ0) is 24.8. The first kappa shape index (κ1) is 25.9. The van der Waals surface area contributed by atoms with Gasteiger partial charge in [0.2, 0.25) is 0 Å². The third kappa shape index (κ3) is 6.74. The van der Waals surface area contributed by atoms with Crippen molar-refractivity contribution in [2.45, 2.75) is 83.1 Å². The summed E-state index contributed by atoms with van der Waals surface area (Å²) in [6.07, 6.45) is 12.4. The van der Waals surface area contributed by atoms with Crippen LogP contribution in [0.5, 0.6) is 0 Å². The minimum atomic E-state index is -0.183. The topological polar surface area (TPSA) is 98.5 Å². The number of aliphatic hydroxyl groups is 2. The largest absolute Gasteiger partial charge is 0.395 e. The van der Waals surface area contributed by atoms with Gasteiger partial charge in [-0.1, -0.05) is 49.8 Å². The molecule has 0 bridgehead atoms. The predicted octanol–water partition coefficient (Wildman–Crippen LogP) is 3.69. The second-order valence-electron chi connectivity index (χ2n) is 10.2. The first-order valence-corrected chi connectivity index (χ1v) is 13.3. The van der Waals surface area contributed by atoms with Crippen LogP contribution < -0.4 is 16.5 Å². The van der Waals surface area contributed by atoms with Crippen molar-refractivity contribution < 1.29 is 10.2 Å². The second kappa shape index (κ2) is 12.2. The Bertz CT molecular complexity index is 962. The normalized spacial score (nSPS) is 25.3. The molecular formula is C28H43N5O2. The summed E-state index contributed by atoms with van der Waals surface area (Å²) in [6, 6.07) is 9.82. The third-order valence-corrected chi connectivity index (χ3v) is 7.30. The Kier molecular flexibility index (Phi) is 9.03. The molecular weight excluding hydrogens is 438 g/mol. The molecule has 6 N–H and O–H groups in total. The van der Waals surface area contributed by atoms with Crippen LogP contribution in [0.15, 0.2) is 36.5 Å². The summed E-state index contributed by atoms with van der Waals surface area (Å²) in [5.74, 6) is 0.811. The summed E-state index contributed by atoms with van der Waals surface area (Å²) in [4.78, 5) is 0. The number of rotatable bonds is 12. The van der Waals surface area contributed by atoms with Gasteiger partial charge in [-0.25, -0.2) is 5.01 Å². The van der Waals surface area contributed by atoms with E-state index in [1.54, 1.807) is 0 Å². The van der Waals surface area contributed by atoms with Crippen LogP contribution in [0, 0.1) is 0 Å². The number of benzene rings is 1. The van der Waals surface area contributed by atoms with Crippen molar-refractivity contribution in [3.63, 3.8) is 0 Å². The van der Waals surface area contributed by atoms with E-state index in [1.165, 1.54) is 18.4 Å². The van der Waals surface area contributed by atoms with Crippen molar-refractivity contribution in [2.75, 3.05) is 25.4 Å². The first-order chi connectivity index (χ1) is 17.0. The molecule has 2 fully saturated rings. The maximum absolute atomic E-state index is 9.98. The Hall–Kier alpha value is -2.16. The summed E-state index contributed by atoms with van der Waals surface area (Å²) >= 11 is 0. The Morgan fingerprint density at radius 1 is 1.17 bits per heavy atom. The molecule has 7 heteroatoms. The van der Waals surface area contributed by atoms with Crippen LogP contribution in [0.1, 0.15) is 69.5 Å². The standard InChI is InChI=1S/C28H43N5O2/c1-3-4-20(2)31-33-18-24(33)11-14-26-27(22-7-5-21(6-8-22)17-30-15-16-34)19-32(28(26)29)23-9-12-25(35)13-10-23/h5-8,11,14,19-20,23-25,30-31,34-35H,3-4,9-10,12-13,15-18,29H2,1-2H3/b14-11-. The highest BCUT2D eigenvalue weighted by Crippen LogP contribution is 2.38. The van der Waals surface area contributed by atoms with E-state index in [4.69, 9.17) is 10.8 Å². The highest BCUT2D eigenvalue weighted by molar-refractivity contribution is 5.82. The number of hydrazine groups is 1. The Morgan fingerprint density at radius 2 is 1.91 bits per heavy atom. The summed E-state index contributed by atoms with van der Waals surface area (Å²) in [7, 11) is 0. The van der Waals surface area contributed by atoms with E-state index >= 15 is 0 Å². The fraction of sp³-hybridized carbons (Fsp3) is 0.571. The number of aliphatic hydroxyl groups excluding tert-OH is 2. The van der Waals surface area contributed by atoms with Crippen LogP contribution in [0.25, 0.3) is 17.2 Å². The molecule has 1 saturated carbocycles. The smallest absolute Gasteiger partial charge is 0.111 e. The molecule has 1 saturated heterocycles. The third-order valence-electron chi connectivity index (χ3n) is 7.30. The van der Waals surface area contributed by atoms with E-state index in [2.05, 4.69) is 76.8 Å². The fourth-order valence-electron chi connectivity index (χ4n) is 5.17. The van der Waals surface area contributed by atoms with Crippen LogP contribution in [-0.2, 0) is 6.54 Å². The Morgan fingerprint density at radius 3 is 2.60 bits per heavy atom. The highest BCUT2D eigenvalue weighted by atomic mass is 16.3. The van der Waals surface area contributed by atoms with Crippen LogP contribution in [-0.4, -0.2) is 57.7 Å². The molecule has 2 heterocycles. The molecule has 1 aromatic carbocycles. The number of aromatic nitrogens is 1. The van der Waals surface area contributed by atoms with Gasteiger partial charge in [-0.3, -0.25) is 5.43 Å². The lowest BCUT2D eigenvalue weighted by molar-refractivity contribution is 0.111. The molecule has 2 aliphatic rings. The van der Waals surface area contributed by atoms with Gasteiger partial charge < -0.3 is 25.8 Å². The number of anilines is 1. The number of hydrogen-bond donors (Lipinski definition) is 5. The predicted molar refractivity (Wildman–Crippen MR) is 144 cm³/mol. The van der Waals surface area contributed by atoms with Gasteiger partial charge in [-0.05, 0) is 50.2 Å². The van der Waals surface area contributed by atoms with Gasteiger partial charge in [0.1, 0.15) is 5.82 Å². The molecule has 2 aromatic rings. The average molecular weight is 482 g/mol. The van der Waals surface area contributed by atoms with Crippen LogP contribution >= 0.6 is 0 Å². The lowest BCUT2D eigenvalue weighted by Gasteiger charge is -2.27. The maximum Gasteiger partial charge on any atom is 0.111 e. The monoisotopic (exact) mass is 481 g/mol. The van der Waals surface area contributed by atoms with Crippen molar-refractivity contribution in [2.24, 2.45) is 0 Å². The lowest BCUT2D eigenvalue weighted by Crippen LogP contribution is -2.32. The Balaban J connectivity index is 1.54. The number of nitrogens with two attached hydrogens (primary N) is 1. The minimum absolute atomic E-state index is 0.143. The van der Waals surface area contributed by atoms with Crippen molar-refractivity contribution >= 4 is 11.9 Å². The summed E-state index contributed by atoms with van der Waals surface area (Å²) in [6.45, 7) is 6.96. The van der Waals surface area contributed by atoms with E-state index in [0.717, 1.165) is 61.3 Å². The molecule has 3 atom stereocenters.